The summed E-state index contributed by atoms with van der Waals surface area (Å²) in [5.41, 5.74) is 0. The smallest absolute Gasteiger partial charge is 0.160 e. The van der Waals surface area contributed by atoms with Gasteiger partial charge in [0.2, 0.25) is 0 Å². The third-order valence-electron chi connectivity index (χ3n) is 5.44. The predicted molar refractivity (Wildman–Crippen MR) is 64.4 cm³/mol. The topological polar surface area (TPSA) is 38.7 Å². The molecule has 17 heavy (non-hydrogen) atoms. The van der Waals surface area contributed by atoms with Crippen LogP contribution in [0.25, 0.3) is 0 Å². The molecule has 3 heteroatoms. The predicted octanol–water partition coefficient (Wildman–Crippen LogP) is 2.04. The lowest BCUT2D eigenvalue weighted by Crippen LogP contribution is -2.44. The maximum absolute atomic E-state index is 9.74. The molecule has 1 N–H and O–H groups in total. The Kier molecular flexibility index (Phi) is 3.42. The van der Waals surface area contributed by atoms with E-state index in [1.165, 1.54) is 32.1 Å². The van der Waals surface area contributed by atoms with Gasteiger partial charge in [-0.3, -0.25) is 0 Å². The molecule has 0 bridgehead atoms. The number of hydrogen-bond acceptors (Lipinski definition) is 3. The monoisotopic (exact) mass is 240 g/mol. The van der Waals surface area contributed by atoms with Gasteiger partial charge in [0.05, 0.1) is 6.61 Å². The SMILES string of the molecule is CO[C@H]1OC[C@@H]2[C@H](CO)[C@H]3CCCC[C@@H]3C[C@H]12. The molecule has 0 aromatic carbocycles. The lowest BCUT2D eigenvalue weighted by Gasteiger charge is -2.46. The Balaban J connectivity index is 1.80. The van der Waals surface area contributed by atoms with E-state index >= 15 is 0 Å². The second-order valence-corrected chi connectivity index (χ2v) is 6.06. The standard InChI is InChI=1S/C14H24O3/c1-16-14-11-6-9-4-2-3-5-10(9)12(7-15)13(11)8-17-14/h9-15H,2-8H2,1H3/t9-,10+,11+,12-,13+,14+/m1/s1. The Morgan fingerprint density at radius 2 is 2.00 bits per heavy atom. The first kappa shape index (κ1) is 11.9. The molecule has 3 nitrogen and oxygen atoms in total. The average Bonchev–Trinajstić information content (AvgIpc) is 2.78. The molecule has 6 atom stereocenters. The van der Waals surface area contributed by atoms with Crippen LogP contribution in [0.1, 0.15) is 32.1 Å². The Labute approximate surface area is 103 Å². The van der Waals surface area contributed by atoms with Crippen LogP contribution in [0, 0.1) is 29.6 Å². The number of aliphatic hydroxyl groups is 1. The Morgan fingerprint density at radius 1 is 1.18 bits per heavy atom. The zero-order valence-electron chi connectivity index (χ0n) is 10.7. The molecule has 0 unspecified atom stereocenters. The van der Waals surface area contributed by atoms with Crippen LogP contribution in [0.2, 0.25) is 0 Å². The highest BCUT2D eigenvalue weighted by atomic mass is 16.7. The van der Waals surface area contributed by atoms with Crippen LogP contribution in [0.5, 0.6) is 0 Å². The van der Waals surface area contributed by atoms with E-state index in [1.807, 2.05) is 0 Å². The lowest BCUT2D eigenvalue weighted by molar-refractivity contribution is -0.120. The van der Waals surface area contributed by atoms with E-state index in [9.17, 15) is 5.11 Å². The summed E-state index contributed by atoms with van der Waals surface area (Å²) in [6.45, 7) is 1.12. The largest absolute Gasteiger partial charge is 0.396 e. The molecule has 0 radical (unpaired) electrons. The highest BCUT2D eigenvalue weighted by Crippen LogP contribution is 2.52. The summed E-state index contributed by atoms with van der Waals surface area (Å²) < 4.78 is 11.2. The summed E-state index contributed by atoms with van der Waals surface area (Å²) in [4.78, 5) is 0. The molecule has 2 saturated carbocycles. The summed E-state index contributed by atoms with van der Waals surface area (Å²) in [6.07, 6.45) is 6.62. The average molecular weight is 240 g/mol. The zero-order chi connectivity index (χ0) is 11.8. The quantitative estimate of drug-likeness (QED) is 0.802. The van der Waals surface area contributed by atoms with Gasteiger partial charge in [0.25, 0.3) is 0 Å². The van der Waals surface area contributed by atoms with Crippen LogP contribution in [0.3, 0.4) is 0 Å². The van der Waals surface area contributed by atoms with Gasteiger partial charge >= 0.3 is 0 Å². The molecule has 1 saturated heterocycles. The van der Waals surface area contributed by atoms with Gasteiger partial charge < -0.3 is 14.6 Å². The molecule has 1 aliphatic heterocycles. The van der Waals surface area contributed by atoms with Gasteiger partial charge in [-0.2, -0.15) is 0 Å². The van der Waals surface area contributed by atoms with E-state index in [0.29, 0.717) is 24.4 Å². The fourth-order valence-corrected chi connectivity index (χ4v) is 4.66. The van der Waals surface area contributed by atoms with E-state index < -0.39 is 0 Å². The van der Waals surface area contributed by atoms with E-state index in [4.69, 9.17) is 9.47 Å². The second kappa shape index (κ2) is 4.87. The molecule has 0 aromatic rings. The first-order valence-corrected chi connectivity index (χ1v) is 7.10. The minimum absolute atomic E-state index is 0.0167. The fourth-order valence-electron chi connectivity index (χ4n) is 4.66. The van der Waals surface area contributed by atoms with Crippen LogP contribution in [-0.2, 0) is 9.47 Å². The second-order valence-electron chi connectivity index (χ2n) is 6.06. The number of fused-ring (bicyclic) bond motifs is 2. The first-order valence-electron chi connectivity index (χ1n) is 7.10. The van der Waals surface area contributed by atoms with Gasteiger partial charge in [-0.25, -0.2) is 0 Å². The van der Waals surface area contributed by atoms with E-state index in [2.05, 4.69) is 0 Å². The fraction of sp³-hybridized carbons (Fsp3) is 1.00. The summed E-state index contributed by atoms with van der Waals surface area (Å²) in [7, 11) is 1.74. The molecule has 3 aliphatic rings. The molecule has 0 amide bonds. The Bertz CT molecular complexity index is 268. The molecule has 0 spiro atoms. The van der Waals surface area contributed by atoms with Crippen molar-refractivity contribution in [2.75, 3.05) is 20.3 Å². The zero-order valence-corrected chi connectivity index (χ0v) is 10.7. The molecule has 3 fully saturated rings. The molecular weight excluding hydrogens is 216 g/mol. The van der Waals surface area contributed by atoms with E-state index in [0.717, 1.165) is 18.4 Å². The number of methoxy groups -OCH3 is 1. The van der Waals surface area contributed by atoms with Gasteiger partial charge in [0.1, 0.15) is 0 Å². The number of hydrogen-bond donors (Lipinski definition) is 1. The van der Waals surface area contributed by atoms with E-state index in [-0.39, 0.29) is 6.29 Å². The maximum atomic E-state index is 9.74. The van der Waals surface area contributed by atoms with Crippen molar-refractivity contribution in [1.29, 1.82) is 0 Å². The molecule has 3 rings (SSSR count). The van der Waals surface area contributed by atoms with Gasteiger partial charge in [0, 0.05) is 19.6 Å². The van der Waals surface area contributed by atoms with Crippen molar-refractivity contribution in [3.63, 3.8) is 0 Å². The van der Waals surface area contributed by atoms with Crippen molar-refractivity contribution in [3.8, 4) is 0 Å². The van der Waals surface area contributed by atoms with Crippen LogP contribution in [0.15, 0.2) is 0 Å². The lowest BCUT2D eigenvalue weighted by atomic mass is 9.58. The third kappa shape index (κ3) is 1.92. The van der Waals surface area contributed by atoms with Crippen LogP contribution < -0.4 is 0 Å². The molecule has 1 heterocycles. The molecular formula is C14H24O3. The summed E-state index contributed by atoms with van der Waals surface area (Å²) >= 11 is 0. The van der Waals surface area contributed by atoms with Crippen molar-refractivity contribution in [1.82, 2.24) is 0 Å². The highest BCUT2D eigenvalue weighted by Gasteiger charge is 2.50. The van der Waals surface area contributed by atoms with Gasteiger partial charge in [0.15, 0.2) is 6.29 Å². The maximum Gasteiger partial charge on any atom is 0.160 e. The van der Waals surface area contributed by atoms with Crippen molar-refractivity contribution >= 4 is 0 Å². The van der Waals surface area contributed by atoms with Gasteiger partial charge in [-0.1, -0.05) is 19.3 Å². The van der Waals surface area contributed by atoms with Crippen LogP contribution in [0.4, 0.5) is 0 Å². The van der Waals surface area contributed by atoms with Crippen LogP contribution in [-0.4, -0.2) is 31.7 Å². The number of rotatable bonds is 2. The third-order valence-corrected chi connectivity index (χ3v) is 5.44. The van der Waals surface area contributed by atoms with Crippen molar-refractivity contribution in [3.05, 3.63) is 0 Å². The minimum Gasteiger partial charge on any atom is -0.396 e. The number of aliphatic hydroxyl groups excluding tert-OH is 1. The summed E-state index contributed by atoms with van der Waals surface area (Å²) in [6, 6.07) is 0. The van der Waals surface area contributed by atoms with Crippen molar-refractivity contribution in [2.24, 2.45) is 29.6 Å². The highest BCUT2D eigenvalue weighted by molar-refractivity contribution is 4.96. The van der Waals surface area contributed by atoms with Gasteiger partial charge in [-0.05, 0) is 36.5 Å². The first-order chi connectivity index (χ1) is 8.35. The van der Waals surface area contributed by atoms with E-state index in [1.54, 1.807) is 7.11 Å². The minimum atomic E-state index is -0.0167. The Hall–Kier alpha value is -0.120. The van der Waals surface area contributed by atoms with Crippen LogP contribution >= 0.6 is 0 Å². The molecule has 0 aromatic heterocycles. The Morgan fingerprint density at radius 3 is 2.76 bits per heavy atom. The van der Waals surface area contributed by atoms with Crippen molar-refractivity contribution < 1.29 is 14.6 Å². The number of ether oxygens (including phenoxy) is 2. The van der Waals surface area contributed by atoms with Gasteiger partial charge in [-0.15, -0.1) is 0 Å². The molecule has 2 aliphatic carbocycles. The summed E-state index contributed by atoms with van der Waals surface area (Å²) in [5, 5.41) is 9.74. The molecule has 98 valence electrons. The van der Waals surface area contributed by atoms with Crippen molar-refractivity contribution in [2.45, 2.75) is 38.4 Å². The normalized spacial score (nSPS) is 49.8. The summed E-state index contributed by atoms with van der Waals surface area (Å²) in [5.74, 6) is 3.07.